The molecule has 1 amide bonds. The third-order valence-corrected chi connectivity index (χ3v) is 4.25. The molecule has 0 radical (unpaired) electrons. The van der Waals surface area contributed by atoms with Crippen LogP contribution in [0.1, 0.15) is 42.1 Å². The van der Waals surface area contributed by atoms with E-state index in [2.05, 4.69) is 5.32 Å². The van der Waals surface area contributed by atoms with Crippen molar-refractivity contribution in [2.24, 2.45) is 0 Å². The molecule has 2 heterocycles. The van der Waals surface area contributed by atoms with Gasteiger partial charge < -0.3 is 10.2 Å². The zero-order valence-corrected chi connectivity index (χ0v) is 11.8. The summed E-state index contributed by atoms with van der Waals surface area (Å²) in [7, 11) is 0. The summed E-state index contributed by atoms with van der Waals surface area (Å²) in [6, 6.07) is 5.76. The van der Waals surface area contributed by atoms with Crippen molar-refractivity contribution < 1.29 is 9.59 Å². The van der Waals surface area contributed by atoms with E-state index in [1.807, 2.05) is 18.2 Å². The Hall–Kier alpha value is -1.68. The SMILES string of the molecule is CC(=O)N1CCCc2ccc(C(=O)C3CCCN3)cc21. The van der Waals surface area contributed by atoms with Gasteiger partial charge in [0.2, 0.25) is 5.91 Å². The predicted molar refractivity (Wildman–Crippen MR) is 78.1 cm³/mol. The molecule has 1 fully saturated rings. The van der Waals surface area contributed by atoms with Crippen molar-refractivity contribution in [3.8, 4) is 0 Å². The third kappa shape index (κ3) is 2.36. The van der Waals surface area contributed by atoms with Crippen LogP contribution in [-0.4, -0.2) is 30.8 Å². The Balaban J connectivity index is 1.92. The van der Waals surface area contributed by atoms with Crippen molar-refractivity contribution in [1.29, 1.82) is 0 Å². The summed E-state index contributed by atoms with van der Waals surface area (Å²) >= 11 is 0. The molecule has 1 N–H and O–H groups in total. The summed E-state index contributed by atoms with van der Waals surface area (Å²) in [4.78, 5) is 26.0. The molecular weight excluding hydrogens is 252 g/mol. The van der Waals surface area contributed by atoms with Crippen LogP contribution in [0.15, 0.2) is 18.2 Å². The summed E-state index contributed by atoms with van der Waals surface area (Å²) in [5.41, 5.74) is 2.81. The number of rotatable bonds is 2. The van der Waals surface area contributed by atoms with Gasteiger partial charge in [-0.05, 0) is 43.9 Å². The van der Waals surface area contributed by atoms with Crippen LogP contribution < -0.4 is 10.2 Å². The van der Waals surface area contributed by atoms with Crippen molar-refractivity contribution in [1.82, 2.24) is 5.32 Å². The summed E-state index contributed by atoms with van der Waals surface area (Å²) in [6.45, 7) is 3.25. The average Bonchev–Trinajstić information content (AvgIpc) is 2.99. The number of Topliss-reactive ketones (excluding diaryl/α,β-unsaturated/α-hetero) is 1. The molecular formula is C16H20N2O2. The zero-order chi connectivity index (χ0) is 14.1. The fraction of sp³-hybridized carbons (Fsp3) is 0.500. The van der Waals surface area contributed by atoms with E-state index < -0.39 is 0 Å². The lowest BCUT2D eigenvalue weighted by molar-refractivity contribution is -0.116. The molecule has 1 unspecified atom stereocenters. The van der Waals surface area contributed by atoms with Crippen molar-refractivity contribution in [2.45, 2.75) is 38.6 Å². The minimum absolute atomic E-state index is 0.0505. The van der Waals surface area contributed by atoms with E-state index in [9.17, 15) is 9.59 Å². The van der Waals surface area contributed by atoms with E-state index in [-0.39, 0.29) is 17.7 Å². The van der Waals surface area contributed by atoms with Crippen LogP contribution in [0.3, 0.4) is 0 Å². The van der Waals surface area contributed by atoms with Crippen LogP contribution in [0.2, 0.25) is 0 Å². The molecule has 1 aromatic carbocycles. The first-order valence-electron chi connectivity index (χ1n) is 7.35. The van der Waals surface area contributed by atoms with Gasteiger partial charge in [0.1, 0.15) is 0 Å². The number of nitrogens with zero attached hydrogens (tertiary/aromatic N) is 1. The molecule has 0 aromatic heterocycles. The highest BCUT2D eigenvalue weighted by Gasteiger charge is 2.26. The first-order valence-corrected chi connectivity index (χ1v) is 7.35. The average molecular weight is 272 g/mol. The molecule has 0 spiro atoms. The Labute approximate surface area is 119 Å². The molecule has 3 rings (SSSR count). The number of carbonyl (C=O) groups is 2. The highest BCUT2D eigenvalue weighted by molar-refractivity contribution is 6.02. The first kappa shape index (κ1) is 13.3. The third-order valence-electron chi connectivity index (χ3n) is 4.25. The highest BCUT2D eigenvalue weighted by atomic mass is 16.2. The molecule has 0 bridgehead atoms. The van der Waals surface area contributed by atoms with Crippen LogP contribution in [0.4, 0.5) is 5.69 Å². The van der Waals surface area contributed by atoms with Crippen molar-refractivity contribution in [3.05, 3.63) is 29.3 Å². The molecule has 106 valence electrons. The molecule has 1 saturated heterocycles. The van der Waals surface area contributed by atoms with Crippen LogP contribution in [0.5, 0.6) is 0 Å². The van der Waals surface area contributed by atoms with E-state index in [4.69, 9.17) is 0 Å². The number of benzene rings is 1. The van der Waals surface area contributed by atoms with Crippen molar-refractivity contribution in [3.63, 3.8) is 0 Å². The lowest BCUT2D eigenvalue weighted by atomic mass is 9.96. The second-order valence-corrected chi connectivity index (χ2v) is 5.63. The summed E-state index contributed by atoms with van der Waals surface area (Å²) in [5.74, 6) is 0.203. The van der Waals surface area contributed by atoms with Gasteiger partial charge >= 0.3 is 0 Å². The number of carbonyl (C=O) groups excluding carboxylic acids is 2. The van der Waals surface area contributed by atoms with Gasteiger partial charge in [-0.15, -0.1) is 0 Å². The molecule has 4 heteroatoms. The number of ketones is 1. The minimum Gasteiger partial charge on any atom is -0.312 e. The Bertz CT molecular complexity index is 547. The smallest absolute Gasteiger partial charge is 0.223 e. The monoisotopic (exact) mass is 272 g/mol. The molecule has 2 aliphatic rings. The van der Waals surface area contributed by atoms with Crippen LogP contribution in [0, 0.1) is 0 Å². The van der Waals surface area contributed by atoms with Gasteiger partial charge in [-0.3, -0.25) is 9.59 Å². The Morgan fingerprint density at radius 1 is 1.30 bits per heavy atom. The van der Waals surface area contributed by atoms with Gasteiger partial charge in [0.25, 0.3) is 0 Å². The largest absolute Gasteiger partial charge is 0.312 e. The molecule has 1 aromatic rings. The molecule has 20 heavy (non-hydrogen) atoms. The van der Waals surface area contributed by atoms with Gasteiger partial charge in [0.15, 0.2) is 5.78 Å². The van der Waals surface area contributed by atoms with E-state index in [1.165, 1.54) is 5.56 Å². The second-order valence-electron chi connectivity index (χ2n) is 5.63. The van der Waals surface area contributed by atoms with Crippen LogP contribution >= 0.6 is 0 Å². The minimum atomic E-state index is -0.0533. The maximum atomic E-state index is 12.4. The molecule has 2 aliphatic heterocycles. The second kappa shape index (κ2) is 5.37. The number of amides is 1. The van der Waals surface area contributed by atoms with Crippen molar-refractivity contribution in [2.75, 3.05) is 18.0 Å². The number of hydrogen-bond acceptors (Lipinski definition) is 3. The Morgan fingerprint density at radius 2 is 2.15 bits per heavy atom. The zero-order valence-electron chi connectivity index (χ0n) is 11.8. The van der Waals surface area contributed by atoms with Gasteiger partial charge in [-0.1, -0.05) is 12.1 Å². The van der Waals surface area contributed by atoms with Gasteiger partial charge in [0, 0.05) is 24.7 Å². The number of anilines is 1. The highest BCUT2D eigenvalue weighted by Crippen LogP contribution is 2.29. The molecule has 0 aliphatic carbocycles. The Morgan fingerprint density at radius 3 is 2.85 bits per heavy atom. The topological polar surface area (TPSA) is 49.4 Å². The quantitative estimate of drug-likeness (QED) is 0.837. The van der Waals surface area contributed by atoms with E-state index in [0.717, 1.165) is 50.0 Å². The maximum absolute atomic E-state index is 12.4. The summed E-state index contributed by atoms with van der Waals surface area (Å²) < 4.78 is 0. The lowest BCUT2D eigenvalue weighted by Gasteiger charge is -2.29. The lowest BCUT2D eigenvalue weighted by Crippen LogP contribution is -2.34. The van der Waals surface area contributed by atoms with Gasteiger partial charge in [-0.25, -0.2) is 0 Å². The number of nitrogens with one attached hydrogen (secondary N) is 1. The van der Waals surface area contributed by atoms with Gasteiger partial charge in [0.05, 0.1) is 6.04 Å². The van der Waals surface area contributed by atoms with Gasteiger partial charge in [-0.2, -0.15) is 0 Å². The fourth-order valence-electron chi connectivity index (χ4n) is 3.16. The molecule has 4 nitrogen and oxygen atoms in total. The Kier molecular flexibility index (Phi) is 3.57. The molecule has 1 atom stereocenters. The normalized spacial score (nSPS) is 21.6. The number of fused-ring (bicyclic) bond motifs is 1. The summed E-state index contributed by atoms with van der Waals surface area (Å²) in [5, 5.41) is 3.24. The standard InChI is InChI=1S/C16H20N2O2/c1-11(19)18-9-3-4-12-6-7-13(10-15(12)18)16(20)14-5-2-8-17-14/h6-7,10,14,17H,2-5,8-9H2,1H3. The molecule has 0 saturated carbocycles. The first-order chi connectivity index (χ1) is 9.66. The fourth-order valence-corrected chi connectivity index (χ4v) is 3.16. The predicted octanol–water partition coefficient (Wildman–Crippen LogP) is 1.92. The number of aryl methyl sites for hydroxylation is 1. The summed E-state index contributed by atoms with van der Waals surface area (Å²) in [6.07, 6.45) is 3.94. The van der Waals surface area contributed by atoms with E-state index >= 15 is 0 Å². The van der Waals surface area contributed by atoms with E-state index in [0.29, 0.717) is 0 Å². The maximum Gasteiger partial charge on any atom is 0.223 e. The van der Waals surface area contributed by atoms with Crippen LogP contribution in [0.25, 0.3) is 0 Å². The van der Waals surface area contributed by atoms with E-state index in [1.54, 1.807) is 11.8 Å². The van der Waals surface area contributed by atoms with Crippen LogP contribution in [-0.2, 0) is 11.2 Å². The number of hydrogen-bond donors (Lipinski definition) is 1. The van der Waals surface area contributed by atoms with Crippen molar-refractivity contribution >= 4 is 17.4 Å².